The van der Waals surface area contributed by atoms with Crippen LogP contribution in [0.1, 0.15) is 34.5 Å². The van der Waals surface area contributed by atoms with E-state index in [1.165, 1.54) is 18.4 Å². The van der Waals surface area contributed by atoms with Crippen LogP contribution in [0, 0.1) is 13.8 Å². The number of fused-ring (bicyclic) bond motifs is 1. The second kappa shape index (κ2) is 7.26. The Labute approximate surface area is 160 Å². The van der Waals surface area contributed by atoms with Crippen molar-refractivity contribution in [2.45, 2.75) is 32.3 Å². The molecule has 2 aliphatic heterocycles. The van der Waals surface area contributed by atoms with Crippen LogP contribution in [0.15, 0.2) is 18.2 Å². The minimum absolute atomic E-state index is 0.0412. The number of H-pyrrole nitrogens is 1. The predicted molar refractivity (Wildman–Crippen MR) is 105 cm³/mol. The number of rotatable bonds is 3. The number of likely N-dealkylation sites (tertiary alicyclic amines) is 1. The fraction of sp³-hybridized carbons (Fsp3) is 0.571. The van der Waals surface area contributed by atoms with Crippen LogP contribution < -0.4 is 0 Å². The summed E-state index contributed by atoms with van der Waals surface area (Å²) in [6.07, 6.45) is 2.35. The van der Waals surface area contributed by atoms with E-state index in [0.29, 0.717) is 31.8 Å². The number of carbonyl (C=O) groups is 1. The van der Waals surface area contributed by atoms with Crippen molar-refractivity contribution in [2.75, 3.05) is 45.9 Å². The number of amides is 1. The molecule has 1 amide bonds. The number of aliphatic hydroxyl groups is 1. The normalized spacial score (nSPS) is 24.5. The van der Waals surface area contributed by atoms with E-state index in [4.69, 9.17) is 4.74 Å². The fourth-order valence-electron chi connectivity index (χ4n) is 4.32. The SMILES string of the molecule is Cc1[nH]c2ccc(C(=O)N3CCOC[C@@](O)(CN4CCCC4)C3)cc2c1C. The molecule has 2 fully saturated rings. The summed E-state index contributed by atoms with van der Waals surface area (Å²) in [5.74, 6) is -0.0412. The van der Waals surface area contributed by atoms with Crippen molar-refractivity contribution < 1.29 is 14.6 Å². The van der Waals surface area contributed by atoms with Gasteiger partial charge < -0.3 is 24.6 Å². The van der Waals surface area contributed by atoms with Crippen molar-refractivity contribution in [3.63, 3.8) is 0 Å². The van der Waals surface area contributed by atoms with Gasteiger partial charge >= 0.3 is 0 Å². The molecule has 3 heterocycles. The molecule has 6 heteroatoms. The van der Waals surface area contributed by atoms with E-state index in [9.17, 15) is 9.90 Å². The Morgan fingerprint density at radius 1 is 1.26 bits per heavy atom. The number of carbonyl (C=O) groups excluding carboxylic acids is 1. The van der Waals surface area contributed by atoms with Crippen molar-refractivity contribution in [1.82, 2.24) is 14.8 Å². The lowest BCUT2D eigenvalue weighted by molar-refractivity contribution is -0.0524. The lowest BCUT2D eigenvalue weighted by Crippen LogP contribution is -2.53. The van der Waals surface area contributed by atoms with Gasteiger partial charge in [-0.25, -0.2) is 0 Å². The molecule has 0 bridgehead atoms. The molecule has 0 saturated carbocycles. The Morgan fingerprint density at radius 2 is 2.04 bits per heavy atom. The Kier molecular flexibility index (Phi) is 4.97. The van der Waals surface area contributed by atoms with E-state index >= 15 is 0 Å². The summed E-state index contributed by atoms with van der Waals surface area (Å²) in [5.41, 5.74) is 2.99. The van der Waals surface area contributed by atoms with Gasteiger partial charge in [-0.05, 0) is 63.5 Å². The predicted octanol–water partition coefficient (Wildman–Crippen LogP) is 2.08. The Bertz CT molecular complexity index is 841. The summed E-state index contributed by atoms with van der Waals surface area (Å²) >= 11 is 0. The molecule has 2 aliphatic rings. The van der Waals surface area contributed by atoms with Crippen LogP contribution in [0.4, 0.5) is 0 Å². The summed E-state index contributed by atoms with van der Waals surface area (Å²) in [7, 11) is 0. The molecule has 6 nitrogen and oxygen atoms in total. The first kappa shape index (κ1) is 18.5. The van der Waals surface area contributed by atoms with Gasteiger partial charge in [0.25, 0.3) is 5.91 Å². The van der Waals surface area contributed by atoms with Crippen LogP contribution in [-0.2, 0) is 4.74 Å². The second-order valence-corrected chi connectivity index (χ2v) is 8.12. The first-order valence-electron chi connectivity index (χ1n) is 9.86. The first-order chi connectivity index (χ1) is 13.0. The van der Waals surface area contributed by atoms with Gasteiger partial charge in [-0.3, -0.25) is 4.79 Å². The Balaban J connectivity index is 1.55. The molecule has 2 aromatic rings. The number of nitrogens with zero attached hydrogens (tertiary/aromatic N) is 2. The van der Waals surface area contributed by atoms with Gasteiger partial charge in [-0.15, -0.1) is 0 Å². The number of aromatic amines is 1. The molecule has 0 spiro atoms. The van der Waals surface area contributed by atoms with Gasteiger partial charge in [-0.2, -0.15) is 0 Å². The molecule has 27 heavy (non-hydrogen) atoms. The average molecular weight is 371 g/mol. The number of nitrogens with one attached hydrogen (secondary N) is 1. The molecule has 1 aromatic carbocycles. The van der Waals surface area contributed by atoms with Gasteiger partial charge in [-0.1, -0.05) is 0 Å². The Morgan fingerprint density at radius 3 is 2.81 bits per heavy atom. The summed E-state index contributed by atoms with van der Waals surface area (Å²) in [6.45, 7) is 8.25. The van der Waals surface area contributed by atoms with Crippen molar-refractivity contribution >= 4 is 16.8 Å². The quantitative estimate of drug-likeness (QED) is 0.867. The van der Waals surface area contributed by atoms with Crippen LogP contribution in [0.3, 0.4) is 0 Å². The average Bonchev–Trinajstić information content (AvgIpc) is 3.19. The molecule has 2 saturated heterocycles. The number of hydrogen-bond donors (Lipinski definition) is 2. The van der Waals surface area contributed by atoms with Crippen LogP contribution in [0.25, 0.3) is 10.9 Å². The van der Waals surface area contributed by atoms with Crippen molar-refractivity contribution in [2.24, 2.45) is 0 Å². The van der Waals surface area contributed by atoms with Gasteiger partial charge in [0.1, 0.15) is 5.60 Å². The van der Waals surface area contributed by atoms with E-state index in [1.807, 2.05) is 25.1 Å². The van der Waals surface area contributed by atoms with Gasteiger partial charge in [0.15, 0.2) is 0 Å². The standard InChI is InChI=1S/C21H29N3O3/c1-15-16(2)22-19-6-5-17(11-18(15)19)20(25)24-9-10-27-14-21(26,13-24)12-23-7-3-4-8-23/h5-6,11,22,26H,3-4,7-10,12-14H2,1-2H3/t21-/m1/s1. The highest BCUT2D eigenvalue weighted by Crippen LogP contribution is 2.24. The zero-order valence-corrected chi connectivity index (χ0v) is 16.3. The number of ether oxygens (including phenoxy) is 1. The molecule has 0 aliphatic carbocycles. The highest BCUT2D eigenvalue weighted by atomic mass is 16.5. The van der Waals surface area contributed by atoms with E-state index in [-0.39, 0.29) is 12.5 Å². The Hall–Kier alpha value is -1.89. The van der Waals surface area contributed by atoms with Crippen LogP contribution in [0.5, 0.6) is 0 Å². The summed E-state index contributed by atoms with van der Waals surface area (Å²) < 4.78 is 5.65. The molecule has 0 unspecified atom stereocenters. The third-order valence-corrected chi connectivity index (χ3v) is 5.92. The van der Waals surface area contributed by atoms with Gasteiger partial charge in [0, 0.05) is 35.2 Å². The van der Waals surface area contributed by atoms with Gasteiger partial charge in [0.05, 0.1) is 19.8 Å². The zero-order valence-electron chi connectivity index (χ0n) is 16.3. The molecule has 4 rings (SSSR count). The molecule has 146 valence electrons. The third-order valence-electron chi connectivity index (χ3n) is 5.92. The summed E-state index contributed by atoms with van der Waals surface area (Å²) in [5, 5.41) is 12.2. The van der Waals surface area contributed by atoms with Gasteiger partial charge in [0.2, 0.25) is 0 Å². The largest absolute Gasteiger partial charge is 0.384 e. The maximum absolute atomic E-state index is 13.2. The fourth-order valence-corrected chi connectivity index (χ4v) is 4.32. The van der Waals surface area contributed by atoms with E-state index < -0.39 is 5.60 Å². The highest BCUT2D eigenvalue weighted by Gasteiger charge is 2.36. The number of aromatic nitrogens is 1. The number of aryl methyl sites for hydroxylation is 2. The van der Waals surface area contributed by atoms with E-state index in [0.717, 1.165) is 29.7 Å². The first-order valence-corrected chi connectivity index (χ1v) is 9.86. The molecule has 1 aromatic heterocycles. The molecule has 0 radical (unpaired) electrons. The summed E-state index contributed by atoms with van der Waals surface area (Å²) in [4.78, 5) is 20.5. The highest BCUT2D eigenvalue weighted by molar-refractivity contribution is 5.99. The molecule has 1 atom stereocenters. The zero-order chi connectivity index (χ0) is 19.0. The van der Waals surface area contributed by atoms with Crippen molar-refractivity contribution in [3.8, 4) is 0 Å². The second-order valence-electron chi connectivity index (χ2n) is 8.12. The van der Waals surface area contributed by atoms with Crippen LogP contribution >= 0.6 is 0 Å². The van der Waals surface area contributed by atoms with E-state index in [1.54, 1.807) is 4.90 Å². The maximum atomic E-state index is 13.2. The minimum atomic E-state index is -1.01. The number of benzene rings is 1. The van der Waals surface area contributed by atoms with Crippen LogP contribution in [0.2, 0.25) is 0 Å². The lowest BCUT2D eigenvalue weighted by atomic mass is 10.0. The lowest BCUT2D eigenvalue weighted by Gasteiger charge is -2.34. The van der Waals surface area contributed by atoms with E-state index in [2.05, 4.69) is 16.8 Å². The maximum Gasteiger partial charge on any atom is 0.254 e. The molecular weight excluding hydrogens is 342 g/mol. The van der Waals surface area contributed by atoms with Crippen molar-refractivity contribution in [1.29, 1.82) is 0 Å². The molecule has 2 N–H and O–H groups in total. The number of hydrogen-bond acceptors (Lipinski definition) is 4. The van der Waals surface area contributed by atoms with Crippen molar-refractivity contribution in [3.05, 3.63) is 35.0 Å². The minimum Gasteiger partial charge on any atom is -0.384 e. The topological polar surface area (TPSA) is 68.8 Å². The summed E-state index contributed by atoms with van der Waals surface area (Å²) in [6, 6.07) is 5.79. The number of β-amino-alcohol motifs (C(OH)–C–C–N with tert-alkyl or cyclic N) is 1. The smallest absolute Gasteiger partial charge is 0.254 e. The molecular formula is C21H29N3O3. The third kappa shape index (κ3) is 3.74. The monoisotopic (exact) mass is 371 g/mol. The van der Waals surface area contributed by atoms with Crippen LogP contribution in [-0.4, -0.2) is 77.3 Å².